The van der Waals surface area contributed by atoms with Crippen LogP contribution in [0.3, 0.4) is 0 Å². The first-order valence-corrected chi connectivity index (χ1v) is 11.6. The summed E-state index contributed by atoms with van der Waals surface area (Å²) in [5.74, 6) is -1.74. The van der Waals surface area contributed by atoms with E-state index >= 15 is 4.39 Å². The third-order valence-corrected chi connectivity index (χ3v) is 9.46. The molecule has 8 nitrogen and oxygen atoms in total. The van der Waals surface area contributed by atoms with Crippen LogP contribution in [0.2, 0.25) is 0 Å². The Labute approximate surface area is 192 Å². The molecule has 1 heterocycles. The number of oxime groups is 2. The second-order valence-corrected chi connectivity index (χ2v) is 11.2. The van der Waals surface area contributed by atoms with Crippen molar-refractivity contribution in [1.29, 1.82) is 0 Å². The van der Waals surface area contributed by atoms with Crippen molar-refractivity contribution in [1.82, 2.24) is 0 Å². The van der Waals surface area contributed by atoms with Gasteiger partial charge in [-0.15, -0.1) is 0 Å². The minimum absolute atomic E-state index is 0.0469. The van der Waals surface area contributed by atoms with Gasteiger partial charge >= 0.3 is 0 Å². The molecule has 1 aliphatic heterocycles. The fourth-order valence-electron chi connectivity index (χ4n) is 8.12. The van der Waals surface area contributed by atoms with Crippen molar-refractivity contribution in [3.8, 4) is 0 Å². The molecule has 4 fully saturated rings. The first-order chi connectivity index (χ1) is 15.4. The molecule has 0 radical (unpaired) electrons. The van der Waals surface area contributed by atoms with Crippen LogP contribution in [0.5, 0.6) is 0 Å². The standard InChI is InChI=1S/C24H33FN2O6/c1-20(2)32-19-10-16-15-6-5-13-9-14(26-30)7-8-21(13,3)23(15,25)18(29)11-22(16,4)24(19,33-20)17(12-28)27-31/h7-9,15-16,18-19,28-31H,5-6,10-12H2,1-4H3/b26-14+,27-17+/t15-,16-,18-,19+,21-,22-,23-,24+/m0/s1. The van der Waals surface area contributed by atoms with Gasteiger partial charge < -0.3 is 30.1 Å². The van der Waals surface area contributed by atoms with Gasteiger partial charge in [-0.25, -0.2) is 4.39 Å². The van der Waals surface area contributed by atoms with E-state index in [1.807, 2.05) is 6.92 Å². The van der Waals surface area contributed by atoms with Gasteiger partial charge in [-0.1, -0.05) is 28.9 Å². The topological polar surface area (TPSA) is 124 Å². The van der Waals surface area contributed by atoms with Gasteiger partial charge in [-0.2, -0.15) is 0 Å². The van der Waals surface area contributed by atoms with Crippen LogP contribution in [-0.2, 0) is 9.47 Å². The summed E-state index contributed by atoms with van der Waals surface area (Å²) in [5, 5.41) is 47.3. The number of allylic oxidation sites excluding steroid dienone is 4. The van der Waals surface area contributed by atoms with Gasteiger partial charge in [0.1, 0.15) is 17.0 Å². The number of fused-ring (bicyclic) bond motifs is 7. The molecule has 4 N–H and O–H groups in total. The van der Waals surface area contributed by atoms with Crippen LogP contribution in [0.15, 0.2) is 34.1 Å². The minimum atomic E-state index is -1.95. The van der Waals surface area contributed by atoms with Gasteiger partial charge in [0.05, 0.1) is 18.8 Å². The lowest BCUT2D eigenvalue weighted by atomic mass is 9.44. The van der Waals surface area contributed by atoms with Crippen molar-refractivity contribution in [2.75, 3.05) is 6.61 Å². The van der Waals surface area contributed by atoms with Gasteiger partial charge in [0.25, 0.3) is 0 Å². The van der Waals surface area contributed by atoms with Gasteiger partial charge in [-0.05, 0) is 64.5 Å². The number of hydrogen-bond acceptors (Lipinski definition) is 8. The number of aliphatic hydroxyl groups excluding tert-OH is 2. The van der Waals surface area contributed by atoms with Gasteiger partial charge in [0, 0.05) is 16.7 Å². The van der Waals surface area contributed by atoms with Crippen LogP contribution in [0.25, 0.3) is 0 Å². The van der Waals surface area contributed by atoms with E-state index in [0.29, 0.717) is 25.0 Å². The number of alkyl halides is 1. The van der Waals surface area contributed by atoms with Crippen LogP contribution in [0, 0.1) is 22.7 Å². The van der Waals surface area contributed by atoms with Gasteiger partial charge in [0.2, 0.25) is 0 Å². The largest absolute Gasteiger partial charge is 0.411 e. The van der Waals surface area contributed by atoms with E-state index < -0.39 is 52.6 Å². The zero-order valence-corrected chi connectivity index (χ0v) is 19.5. The molecule has 0 bridgehead atoms. The summed E-state index contributed by atoms with van der Waals surface area (Å²) in [6, 6.07) is 0. The molecule has 0 unspecified atom stereocenters. The van der Waals surface area contributed by atoms with Crippen molar-refractivity contribution < 1.29 is 34.5 Å². The van der Waals surface area contributed by atoms with Crippen molar-refractivity contribution in [3.63, 3.8) is 0 Å². The van der Waals surface area contributed by atoms with Crippen LogP contribution in [0.1, 0.15) is 53.4 Å². The monoisotopic (exact) mass is 464 g/mol. The van der Waals surface area contributed by atoms with Crippen LogP contribution < -0.4 is 0 Å². The van der Waals surface area contributed by atoms with E-state index in [4.69, 9.17) is 9.47 Å². The molecule has 9 heteroatoms. The molecule has 0 aromatic heterocycles. The average Bonchev–Trinajstić information content (AvgIpc) is 3.15. The van der Waals surface area contributed by atoms with Crippen LogP contribution in [-0.4, -0.2) is 67.9 Å². The SMILES string of the molecule is CC1(C)O[C@@H]2C[C@H]3[C@@H]4CCC5=C/C(=N/O)C=C[C@]5(C)[C@@]4(F)[C@@H](O)C[C@]3(C)[C@]2(/C(CO)=N/O)O1. The highest BCUT2D eigenvalue weighted by Crippen LogP contribution is 2.72. The van der Waals surface area contributed by atoms with E-state index in [-0.39, 0.29) is 18.1 Å². The Balaban J connectivity index is 1.64. The Morgan fingerprint density at radius 3 is 2.58 bits per heavy atom. The molecule has 0 aromatic rings. The fourth-order valence-corrected chi connectivity index (χ4v) is 8.12. The van der Waals surface area contributed by atoms with Crippen molar-refractivity contribution in [3.05, 3.63) is 23.8 Å². The summed E-state index contributed by atoms with van der Waals surface area (Å²) >= 11 is 0. The molecule has 3 saturated carbocycles. The predicted molar refractivity (Wildman–Crippen MR) is 117 cm³/mol. The molecule has 0 spiro atoms. The number of aliphatic hydroxyl groups is 2. The van der Waals surface area contributed by atoms with E-state index in [0.717, 1.165) is 5.57 Å². The summed E-state index contributed by atoms with van der Waals surface area (Å²) in [7, 11) is 0. The first-order valence-electron chi connectivity index (χ1n) is 11.6. The quantitative estimate of drug-likeness (QED) is 0.283. The van der Waals surface area contributed by atoms with E-state index in [1.165, 1.54) is 0 Å². The highest BCUT2D eigenvalue weighted by atomic mass is 19.1. The molecule has 0 amide bonds. The third-order valence-electron chi connectivity index (χ3n) is 9.46. The number of hydrogen-bond donors (Lipinski definition) is 4. The Bertz CT molecular complexity index is 993. The summed E-state index contributed by atoms with van der Waals surface area (Å²) in [6.45, 7) is 6.74. The van der Waals surface area contributed by atoms with Gasteiger partial charge in [-0.3, -0.25) is 0 Å². The normalized spacial score (nSPS) is 51.5. The van der Waals surface area contributed by atoms with Crippen molar-refractivity contribution >= 4 is 11.4 Å². The molecule has 182 valence electrons. The number of halogens is 1. The summed E-state index contributed by atoms with van der Waals surface area (Å²) in [4.78, 5) is 0. The van der Waals surface area contributed by atoms with Crippen LogP contribution >= 0.6 is 0 Å². The van der Waals surface area contributed by atoms with Crippen molar-refractivity contribution in [2.24, 2.45) is 33.0 Å². The summed E-state index contributed by atoms with van der Waals surface area (Å²) < 4.78 is 30.0. The van der Waals surface area contributed by atoms with Crippen LogP contribution in [0.4, 0.5) is 4.39 Å². The maximum Gasteiger partial charge on any atom is 0.164 e. The minimum Gasteiger partial charge on any atom is -0.411 e. The molecule has 4 aliphatic carbocycles. The second-order valence-electron chi connectivity index (χ2n) is 11.2. The molecule has 5 rings (SSSR count). The van der Waals surface area contributed by atoms with E-state index in [9.17, 15) is 20.6 Å². The molecule has 0 aromatic carbocycles. The first kappa shape index (κ1) is 23.0. The predicted octanol–water partition coefficient (Wildman–Crippen LogP) is 2.94. The molecular formula is C24H33FN2O6. The lowest BCUT2D eigenvalue weighted by Crippen LogP contribution is -2.70. The Morgan fingerprint density at radius 2 is 1.94 bits per heavy atom. The second kappa shape index (κ2) is 6.87. The molecular weight excluding hydrogens is 431 g/mol. The lowest BCUT2D eigenvalue weighted by Gasteiger charge is -2.63. The number of nitrogens with zero attached hydrogens (tertiary/aromatic N) is 2. The van der Waals surface area contributed by atoms with E-state index in [2.05, 4.69) is 10.3 Å². The number of rotatable bonds is 2. The Hall–Kier alpha value is -1.81. The highest BCUT2D eigenvalue weighted by molar-refractivity contribution is 6.05. The maximum atomic E-state index is 17.3. The Morgan fingerprint density at radius 1 is 1.21 bits per heavy atom. The highest BCUT2D eigenvalue weighted by Gasteiger charge is 2.79. The zero-order chi connectivity index (χ0) is 24.0. The number of ether oxygens (including phenoxy) is 2. The summed E-state index contributed by atoms with van der Waals surface area (Å²) in [5.41, 5.74) is -3.90. The smallest absolute Gasteiger partial charge is 0.164 e. The van der Waals surface area contributed by atoms with E-state index in [1.54, 1.807) is 39.0 Å². The van der Waals surface area contributed by atoms with Gasteiger partial charge in [0.15, 0.2) is 11.5 Å². The molecule has 5 aliphatic rings. The molecule has 8 atom stereocenters. The average molecular weight is 465 g/mol. The maximum absolute atomic E-state index is 17.3. The molecule has 33 heavy (non-hydrogen) atoms. The summed E-state index contributed by atoms with van der Waals surface area (Å²) in [6.07, 6.45) is 4.74. The zero-order valence-electron chi connectivity index (χ0n) is 19.5. The molecule has 1 saturated heterocycles. The Kier molecular flexibility index (Phi) is 4.78. The van der Waals surface area contributed by atoms with Crippen molar-refractivity contribution in [2.45, 2.75) is 82.6 Å². The lowest BCUT2D eigenvalue weighted by molar-refractivity contribution is -0.236. The third kappa shape index (κ3) is 2.54. The fraction of sp³-hybridized carbons (Fsp3) is 0.750.